The first-order chi connectivity index (χ1) is 12.0. The Labute approximate surface area is 151 Å². The van der Waals surface area contributed by atoms with Crippen LogP contribution in [0, 0.1) is 0 Å². The Balaban J connectivity index is 1.72. The summed E-state index contributed by atoms with van der Waals surface area (Å²) in [7, 11) is 0. The van der Waals surface area contributed by atoms with Gasteiger partial charge in [0.1, 0.15) is 11.5 Å². The van der Waals surface area contributed by atoms with E-state index in [0.29, 0.717) is 22.8 Å². The minimum absolute atomic E-state index is 0.128. The number of ether oxygens (including phenoxy) is 1. The highest BCUT2D eigenvalue weighted by Gasteiger charge is 2.14. The number of thiol groups is 1. The zero-order valence-corrected chi connectivity index (χ0v) is 14.6. The molecule has 2 rings (SSSR count). The minimum Gasteiger partial charge on any atom is -0.508 e. The van der Waals surface area contributed by atoms with Gasteiger partial charge in [-0.15, -0.1) is 12.6 Å². The number of amides is 2. The van der Waals surface area contributed by atoms with E-state index < -0.39 is 6.10 Å². The van der Waals surface area contributed by atoms with Crippen molar-refractivity contribution in [1.82, 2.24) is 10.6 Å². The standard InChI is InChI=1S/C18H20N2O4S/c1-12(24-14-8-6-13(21)7-9-14)17(22)19-10-11-20-18(23)15-4-2-3-5-16(15)25/h2-9,12,21,25H,10-11H2,1H3,(H,19,22)(H,20,23). The Bertz CT molecular complexity index is 734. The smallest absolute Gasteiger partial charge is 0.260 e. The summed E-state index contributed by atoms with van der Waals surface area (Å²) in [5.74, 6) is 0.0762. The number of hydrogen-bond acceptors (Lipinski definition) is 5. The van der Waals surface area contributed by atoms with Crippen molar-refractivity contribution in [2.45, 2.75) is 17.9 Å². The SMILES string of the molecule is CC(Oc1ccc(O)cc1)C(=O)NCCNC(=O)c1ccccc1S. The Morgan fingerprint density at radius 2 is 1.72 bits per heavy atom. The third-order valence-corrected chi connectivity index (χ3v) is 3.77. The molecule has 0 saturated carbocycles. The summed E-state index contributed by atoms with van der Waals surface area (Å²) in [5, 5.41) is 14.6. The summed E-state index contributed by atoms with van der Waals surface area (Å²) < 4.78 is 5.47. The van der Waals surface area contributed by atoms with Crippen LogP contribution in [0.1, 0.15) is 17.3 Å². The van der Waals surface area contributed by atoms with Crippen molar-refractivity contribution in [1.29, 1.82) is 0 Å². The number of aromatic hydroxyl groups is 1. The number of hydrogen-bond donors (Lipinski definition) is 4. The van der Waals surface area contributed by atoms with Crippen LogP contribution in [-0.4, -0.2) is 36.1 Å². The molecular weight excluding hydrogens is 340 g/mol. The maximum atomic E-state index is 12.0. The fraction of sp³-hybridized carbons (Fsp3) is 0.222. The van der Waals surface area contributed by atoms with Crippen LogP contribution in [0.5, 0.6) is 11.5 Å². The molecule has 6 nitrogen and oxygen atoms in total. The van der Waals surface area contributed by atoms with Gasteiger partial charge in [0.15, 0.2) is 6.10 Å². The van der Waals surface area contributed by atoms with E-state index in [1.165, 1.54) is 12.1 Å². The molecule has 0 saturated heterocycles. The first-order valence-electron chi connectivity index (χ1n) is 7.77. The van der Waals surface area contributed by atoms with E-state index in [1.807, 2.05) is 0 Å². The molecule has 0 aliphatic heterocycles. The molecule has 2 aromatic carbocycles. The molecule has 2 amide bonds. The normalized spacial score (nSPS) is 11.4. The summed E-state index contributed by atoms with van der Waals surface area (Å²) in [4.78, 5) is 24.6. The third-order valence-electron chi connectivity index (χ3n) is 3.38. The van der Waals surface area contributed by atoms with Crippen molar-refractivity contribution in [3.05, 3.63) is 54.1 Å². The summed E-state index contributed by atoms with van der Waals surface area (Å²) in [6.07, 6.45) is -0.696. The van der Waals surface area contributed by atoms with Gasteiger partial charge in [0.25, 0.3) is 11.8 Å². The number of phenolic OH excluding ortho intramolecular Hbond substituents is 1. The molecule has 132 valence electrons. The van der Waals surface area contributed by atoms with Crippen LogP contribution < -0.4 is 15.4 Å². The number of nitrogens with one attached hydrogen (secondary N) is 2. The molecule has 2 aromatic rings. The van der Waals surface area contributed by atoms with Crippen molar-refractivity contribution < 1.29 is 19.4 Å². The van der Waals surface area contributed by atoms with Gasteiger partial charge in [-0.2, -0.15) is 0 Å². The molecule has 0 aliphatic rings. The first kappa shape index (κ1) is 18.7. The summed E-state index contributed by atoms with van der Waals surface area (Å²) in [5.41, 5.74) is 0.487. The van der Waals surface area contributed by atoms with Crippen molar-refractivity contribution in [3.8, 4) is 11.5 Å². The summed E-state index contributed by atoms with van der Waals surface area (Å²) >= 11 is 4.23. The average Bonchev–Trinajstić information content (AvgIpc) is 2.60. The lowest BCUT2D eigenvalue weighted by Gasteiger charge is -2.15. The molecule has 0 bridgehead atoms. The zero-order valence-electron chi connectivity index (χ0n) is 13.7. The quantitative estimate of drug-likeness (QED) is 0.449. The van der Waals surface area contributed by atoms with Gasteiger partial charge in [-0.05, 0) is 43.3 Å². The van der Waals surface area contributed by atoms with E-state index in [0.717, 1.165) is 0 Å². The molecule has 25 heavy (non-hydrogen) atoms. The monoisotopic (exact) mass is 360 g/mol. The van der Waals surface area contributed by atoms with E-state index in [4.69, 9.17) is 4.74 Å². The van der Waals surface area contributed by atoms with Crippen LogP contribution in [0.2, 0.25) is 0 Å². The van der Waals surface area contributed by atoms with Gasteiger partial charge in [-0.3, -0.25) is 9.59 Å². The molecule has 0 aromatic heterocycles. The largest absolute Gasteiger partial charge is 0.508 e. The van der Waals surface area contributed by atoms with Crippen LogP contribution in [0.3, 0.4) is 0 Å². The Kier molecular flexibility index (Phi) is 6.71. The molecule has 0 radical (unpaired) electrons. The van der Waals surface area contributed by atoms with Crippen LogP contribution in [-0.2, 0) is 4.79 Å². The lowest BCUT2D eigenvalue weighted by molar-refractivity contribution is -0.127. The summed E-state index contributed by atoms with van der Waals surface area (Å²) in [6, 6.07) is 13.1. The Morgan fingerprint density at radius 1 is 1.08 bits per heavy atom. The Morgan fingerprint density at radius 3 is 2.40 bits per heavy atom. The van der Waals surface area contributed by atoms with Gasteiger partial charge in [-0.1, -0.05) is 12.1 Å². The molecule has 0 heterocycles. The highest BCUT2D eigenvalue weighted by Crippen LogP contribution is 2.17. The van der Waals surface area contributed by atoms with Gasteiger partial charge in [0.2, 0.25) is 0 Å². The minimum atomic E-state index is -0.696. The van der Waals surface area contributed by atoms with E-state index in [9.17, 15) is 14.7 Å². The average molecular weight is 360 g/mol. The molecule has 7 heteroatoms. The second-order valence-electron chi connectivity index (χ2n) is 5.32. The number of rotatable bonds is 7. The third kappa shape index (κ3) is 5.72. The highest BCUT2D eigenvalue weighted by molar-refractivity contribution is 7.80. The maximum Gasteiger partial charge on any atom is 0.260 e. The molecule has 3 N–H and O–H groups in total. The lowest BCUT2D eigenvalue weighted by atomic mass is 10.2. The molecule has 0 aliphatic carbocycles. The molecular formula is C18H20N2O4S. The molecule has 0 fully saturated rings. The van der Waals surface area contributed by atoms with Gasteiger partial charge < -0.3 is 20.5 Å². The predicted molar refractivity (Wildman–Crippen MR) is 97.2 cm³/mol. The maximum absolute atomic E-state index is 12.0. The fourth-order valence-corrected chi connectivity index (χ4v) is 2.31. The van der Waals surface area contributed by atoms with Gasteiger partial charge >= 0.3 is 0 Å². The highest BCUT2D eigenvalue weighted by atomic mass is 32.1. The lowest BCUT2D eigenvalue weighted by Crippen LogP contribution is -2.40. The van der Waals surface area contributed by atoms with Crippen molar-refractivity contribution in [2.75, 3.05) is 13.1 Å². The second-order valence-corrected chi connectivity index (χ2v) is 5.80. The van der Waals surface area contributed by atoms with E-state index in [1.54, 1.807) is 43.3 Å². The predicted octanol–water partition coefficient (Wildman–Crippen LogP) is 1.99. The van der Waals surface area contributed by atoms with Crippen LogP contribution >= 0.6 is 12.6 Å². The van der Waals surface area contributed by atoms with Gasteiger partial charge in [0, 0.05) is 18.0 Å². The number of phenols is 1. The molecule has 1 unspecified atom stereocenters. The van der Waals surface area contributed by atoms with Crippen LogP contribution in [0.4, 0.5) is 0 Å². The summed E-state index contributed by atoms with van der Waals surface area (Å²) in [6.45, 7) is 2.19. The number of carbonyl (C=O) groups excluding carboxylic acids is 2. The second kappa shape index (κ2) is 8.98. The zero-order chi connectivity index (χ0) is 18.2. The van der Waals surface area contributed by atoms with Gasteiger partial charge in [-0.25, -0.2) is 0 Å². The van der Waals surface area contributed by atoms with E-state index >= 15 is 0 Å². The van der Waals surface area contributed by atoms with E-state index in [-0.39, 0.29) is 24.1 Å². The fourth-order valence-electron chi connectivity index (χ4n) is 2.05. The van der Waals surface area contributed by atoms with Crippen LogP contribution in [0.25, 0.3) is 0 Å². The first-order valence-corrected chi connectivity index (χ1v) is 8.21. The molecule has 0 spiro atoms. The van der Waals surface area contributed by atoms with Crippen LogP contribution in [0.15, 0.2) is 53.4 Å². The van der Waals surface area contributed by atoms with E-state index in [2.05, 4.69) is 23.3 Å². The van der Waals surface area contributed by atoms with Crippen molar-refractivity contribution >= 4 is 24.4 Å². The van der Waals surface area contributed by atoms with Crippen molar-refractivity contribution in [3.63, 3.8) is 0 Å². The molecule has 1 atom stereocenters. The number of benzene rings is 2. The van der Waals surface area contributed by atoms with Crippen molar-refractivity contribution in [2.24, 2.45) is 0 Å². The topological polar surface area (TPSA) is 87.7 Å². The van der Waals surface area contributed by atoms with Gasteiger partial charge in [0.05, 0.1) is 5.56 Å². The Hall–Kier alpha value is -2.67. The number of carbonyl (C=O) groups is 2.